The summed E-state index contributed by atoms with van der Waals surface area (Å²) >= 11 is 1.66. The van der Waals surface area contributed by atoms with Crippen molar-refractivity contribution in [3.63, 3.8) is 0 Å². The van der Waals surface area contributed by atoms with E-state index >= 15 is 0 Å². The van der Waals surface area contributed by atoms with Gasteiger partial charge in [-0.05, 0) is 54.7 Å². The third kappa shape index (κ3) is 4.91. The summed E-state index contributed by atoms with van der Waals surface area (Å²) in [5, 5.41) is 16.9. The minimum absolute atomic E-state index is 0.153. The van der Waals surface area contributed by atoms with Crippen molar-refractivity contribution in [3.05, 3.63) is 70.0 Å². The van der Waals surface area contributed by atoms with E-state index in [-0.39, 0.29) is 12.5 Å². The highest BCUT2D eigenvalue weighted by atomic mass is 32.2. The zero-order chi connectivity index (χ0) is 19.4. The minimum atomic E-state index is -0.708. The zero-order valence-corrected chi connectivity index (χ0v) is 15.6. The van der Waals surface area contributed by atoms with E-state index in [4.69, 9.17) is 0 Å². The summed E-state index contributed by atoms with van der Waals surface area (Å²) in [5.41, 5.74) is 3.09. The molecule has 2 aromatic carbocycles. The van der Waals surface area contributed by atoms with Crippen LogP contribution in [0.4, 0.5) is 11.6 Å². The number of nitrogens with zero attached hydrogens (tertiary/aromatic N) is 4. The maximum atomic E-state index is 12.0. The molecule has 0 saturated carbocycles. The van der Waals surface area contributed by atoms with E-state index in [2.05, 4.69) is 47.4 Å². The van der Waals surface area contributed by atoms with Crippen molar-refractivity contribution in [1.29, 1.82) is 0 Å². The van der Waals surface area contributed by atoms with Gasteiger partial charge in [0.15, 0.2) is 0 Å². The number of anilines is 1. The molecule has 0 fully saturated rings. The fourth-order valence-electron chi connectivity index (χ4n) is 2.44. The Labute approximate surface area is 159 Å². The second kappa shape index (κ2) is 8.00. The van der Waals surface area contributed by atoms with Crippen LogP contribution in [-0.2, 0) is 11.3 Å². The molecule has 0 saturated heterocycles. The zero-order valence-electron chi connectivity index (χ0n) is 14.7. The topological polar surface area (TPSA) is 103 Å². The van der Waals surface area contributed by atoms with Crippen molar-refractivity contribution in [2.24, 2.45) is 0 Å². The molecule has 0 aliphatic rings. The molecule has 0 bridgehead atoms. The molecule has 9 heteroatoms. The van der Waals surface area contributed by atoms with Gasteiger partial charge in [0.2, 0.25) is 12.2 Å². The summed E-state index contributed by atoms with van der Waals surface area (Å²) < 4.78 is 1.12. The number of nitro groups is 1. The number of rotatable bonds is 6. The largest absolute Gasteiger partial charge is 0.490 e. The summed E-state index contributed by atoms with van der Waals surface area (Å²) in [5.74, 6) is -0.875. The van der Waals surface area contributed by atoms with Crippen LogP contribution >= 0.6 is 11.8 Å². The predicted octanol–water partition coefficient (Wildman–Crippen LogP) is 3.59. The molecule has 3 aromatic rings. The van der Waals surface area contributed by atoms with E-state index in [1.54, 1.807) is 11.8 Å². The van der Waals surface area contributed by atoms with Crippen LogP contribution in [0.15, 0.2) is 58.6 Å². The van der Waals surface area contributed by atoms with Gasteiger partial charge in [0.25, 0.3) is 0 Å². The molecule has 0 unspecified atom stereocenters. The van der Waals surface area contributed by atoms with Crippen LogP contribution in [0.3, 0.4) is 0 Å². The number of carbonyl (C=O) groups is 1. The van der Waals surface area contributed by atoms with E-state index in [1.165, 1.54) is 16.0 Å². The Kier molecular flexibility index (Phi) is 5.51. The van der Waals surface area contributed by atoms with E-state index in [0.717, 1.165) is 15.9 Å². The lowest BCUT2D eigenvalue weighted by molar-refractivity contribution is -0.394. The van der Waals surface area contributed by atoms with Crippen molar-refractivity contribution in [1.82, 2.24) is 14.8 Å². The molecule has 0 aliphatic carbocycles. The van der Waals surface area contributed by atoms with Crippen molar-refractivity contribution >= 4 is 29.3 Å². The van der Waals surface area contributed by atoms with E-state index in [1.807, 2.05) is 24.3 Å². The van der Waals surface area contributed by atoms with Crippen LogP contribution in [-0.4, -0.2) is 25.6 Å². The van der Waals surface area contributed by atoms with Gasteiger partial charge in [-0.2, -0.15) is 4.68 Å². The summed E-state index contributed by atoms with van der Waals surface area (Å²) in [6.45, 7) is 3.99. The molecule has 1 N–H and O–H groups in total. The van der Waals surface area contributed by atoms with Crippen LogP contribution in [0.5, 0.6) is 0 Å². The molecule has 0 aliphatic heterocycles. The summed E-state index contributed by atoms with van der Waals surface area (Å²) in [7, 11) is 0. The lowest BCUT2D eigenvalue weighted by atomic mass is 10.2. The van der Waals surface area contributed by atoms with Gasteiger partial charge < -0.3 is 15.4 Å². The number of benzene rings is 2. The van der Waals surface area contributed by atoms with E-state index in [9.17, 15) is 14.9 Å². The normalized spacial score (nSPS) is 10.6. The van der Waals surface area contributed by atoms with Crippen molar-refractivity contribution in [2.45, 2.75) is 30.2 Å². The predicted molar refractivity (Wildman–Crippen MR) is 102 cm³/mol. The average Bonchev–Trinajstić information content (AvgIpc) is 3.07. The molecule has 0 radical (unpaired) electrons. The van der Waals surface area contributed by atoms with Gasteiger partial charge in [-0.1, -0.05) is 34.4 Å². The summed E-state index contributed by atoms with van der Waals surface area (Å²) in [6, 6.07) is 13.8. The van der Waals surface area contributed by atoms with Crippen molar-refractivity contribution in [3.8, 4) is 0 Å². The Morgan fingerprint density at radius 2 is 1.96 bits per heavy atom. The highest BCUT2D eigenvalue weighted by Crippen LogP contribution is 2.31. The summed E-state index contributed by atoms with van der Waals surface area (Å²) in [6.07, 6.45) is 1.15. The Balaban J connectivity index is 1.59. The standard InChI is InChI=1S/C18H17N5O3S/c1-12-3-8-16(13(2)9-12)27-15-6-4-14(5-7-15)20-17(24)10-22-11-19-18(21-22)23(25)26/h3-9,11H,10H2,1-2H3,(H,20,24). The van der Waals surface area contributed by atoms with Crippen LogP contribution in [0.2, 0.25) is 0 Å². The first-order chi connectivity index (χ1) is 12.9. The highest BCUT2D eigenvalue weighted by molar-refractivity contribution is 7.99. The number of hydrogen-bond acceptors (Lipinski definition) is 6. The second-order valence-electron chi connectivity index (χ2n) is 5.94. The number of amides is 1. The first-order valence-electron chi connectivity index (χ1n) is 8.09. The molecule has 0 spiro atoms. The molecular weight excluding hydrogens is 366 g/mol. The number of hydrogen-bond donors (Lipinski definition) is 1. The van der Waals surface area contributed by atoms with Crippen molar-refractivity contribution < 1.29 is 9.72 Å². The lowest BCUT2D eigenvalue weighted by Gasteiger charge is -2.08. The molecule has 1 amide bonds. The third-order valence-corrected chi connectivity index (χ3v) is 4.88. The number of carbonyl (C=O) groups excluding carboxylic acids is 1. The molecule has 8 nitrogen and oxygen atoms in total. The van der Waals surface area contributed by atoms with E-state index < -0.39 is 10.9 Å². The highest BCUT2D eigenvalue weighted by Gasteiger charge is 2.15. The smallest absolute Gasteiger partial charge is 0.390 e. The van der Waals surface area contributed by atoms with Crippen LogP contribution in [0.25, 0.3) is 0 Å². The fourth-order valence-corrected chi connectivity index (χ4v) is 3.32. The Bertz CT molecular complexity index is 985. The fraction of sp³-hybridized carbons (Fsp3) is 0.167. The monoisotopic (exact) mass is 383 g/mol. The third-order valence-electron chi connectivity index (χ3n) is 3.69. The second-order valence-corrected chi connectivity index (χ2v) is 7.06. The Hall–Kier alpha value is -3.20. The summed E-state index contributed by atoms with van der Waals surface area (Å²) in [4.78, 5) is 27.6. The van der Waals surface area contributed by atoms with Gasteiger partial charge in [-0.25, -0.2) is 0 Å². The maximum absolute atomic E-state index is 12.0. The molecular formula is C18H17N5O3S. The number of nitrogens with one attached hydrogen (secondary N) is 1. The molecule has 3 rings (SSSR count). The number of aryl methyl sites for hydroxylation is 2. The average molecular weight is 383 g/mol. The first kappa shape index (κ1) is 18.6. The molecule has 0 atom stereocenters. The number of aromatic nitrogens is 3. The Morgan fingerprint density at radius 1 is 1.22 bits per heavy atom. The molecule has 1 heterocycles. The maximum Gasteiger partial charge on any atom is 0.490 e. The minimum Gasteiger partial charge on any atom is -0.390 e. The SMILES string of the molecule is Cc1ccc(Sc2ccc(NC(=O)Cn3cnc([N+](=O)[O-])n3)cc2)c(C)c1. The van der Waals surface area contributed by atoms with Crippen LogP contribution in [0.1, 0.15) is 11.1 Å². The van der Waals surface area contributed by atoms with Crippen LogP contribution in [0, 0.1) is 24.0 Å². The van der Waals surface area contributed by atoms with Gasteiger partial charge in [0.1, 0.15) is 6.54 Å². The van der Waals surface area contributed by atoms with Gasteiger partial charge >= 0.3 is 5.95 Å². The van der Waals surface area contributed by atoms with E-state index in [0.29, 0.717) is 5.69 Å². The van der Waals surface area contributed by atoms with Gasteiger partial charge in [-0.3, -0.25) is 4.79 Å². The molecule has 1 aromatic heterocycles. The lowest BCUT2D eigenvalue weighted by Crippen LogP contribution is -2.19. The first-order valence-corrected chi connectivity index (χ1v) is 8.91. The molecule has 138 valence electrons. The van der Waals surface area contributed by atoms with Gasteiger partial charge in [0, 0.05) is 20.6 Å². The molecule has 27 heavy (non-hydrogen) atoms. The van der Waals surface area contributed by atoms with Crippen LogP contribution < -0.4 is 5.32 Å². The van der Waals surface area contributed by atoms with Crippen molar-refractivity contribution in [2.75, 3.05) is 5.32 Å². The quantitative estimate of drug-likeness (QED) is 0.515. The van der Waals surface area contributed by atoms with Gasteiger partial charge in [0.05, 0.1) is 0 Å². The Morgan fingerprint density at radius 3 is 2.59 bits per heavy atom. The van der Waals surface area contributed by atoms with Gasteiger partial charge in [-0.15, -0.1) is 0 Å².